The molecule has 0 bridgehead atoms. The van der Waals surface area contributed by atoms with Crippen LogP contribution in [0.15, 0.2) is 0 Å². The summed E-state index contributed by atoms with van der Waals surface area (Å²) in [6.45, 7) is 0. The van der Waals surface area contributed by atoms with Crippen LogP contribution in [0.5, 0.6) is 0 Å². The van der Waals surface area contributed by atoms with Crippen molar-refractivity contribution in [1.29, 1.82) is 0 Å². The maximum absolute atomic E-state index is 10.6. The second kappa shape index (κ2) is 12.5. The van der Waals surface area contributed by atoms with Gasteiger partial charge in [0.05, 0.1) is 0 Å². The monoisotopic (exact) mass is 478 g/mol. The fourth-order valence-electron chi connectivity index (χ4n) is 0. The maximum atomic E-state index is 10.6. The van der Waals surface area contributed by atoms with Gasteiger partial charge in [-0.1, -0.05) is 0 Å². The van der Waals surface area contributed by atoms with E-state index in [0.29, 0.717) is 0 Å². The van der Waals surface area contributed by atoms with Crippen LogP contribution in [0.4, 0.5) is 13.2 Å². The van der Waals surface area contributed by atoms with Crippen LogP contribution >= 0.6 is 0 Å². The Labute approximate surface area is 135 Å². The van der Waals surface area contributed by atoms with Crippen LogP contribution in [0.25, 0.3) is 0 Å². The molecule has 0 aliphatic carbocycles. The Morgan fingerprint density at radius 3 is 0.632 bits per heavy atom. The molecule has 0 amide bonds. The molecule has 0 spiro atoms. The van der Waals surface area contributed by atoms with Gasteiger partial charge in [-0.25, -0.2) is 38.4 Å². The molecule has 0 saturated carbocycles. The second-order valence-corrected chi connectivity index (χ2v) is 6.00. The summed E-state index contributed by atoms with van der Waals surface area (Å²) < 4.78 is 113. The number of hydrogen-bond acceptors (Lipinski definition) is 9. The van der Waals surface area contributed by atoms with Crippen molar-refractivity contribution in [2.45, 2.75) is 0 Å². The zero-order valence-corrected chi connectivity index (χ0v) is 14.8. The van der Waals surface area contributed by atoms with Gasteiger partial charge >= 0.3 is 35.6 Å². The number of alkyl halides is 3. The van der Waals surface area contributed by atoms with Crippen LogP contribution in [-0.4, -0.2) is 56.9 Å². The first kappa shape index (κ1) is 28.0. The minimum absolute atomic E-state index is 0. The number of halogens is 3. The van der Waals surface area contributed by atoms with Crippen LogP contribution in [0.1, 0.15) is 0 Å². The molecular weight excluding hydrogens is 472 g/mol. The third-order valence-corrected chi connectivity index (χ3v) is 1.20. The average molecular weight is 478 g/mol. The molecule has 0 rings (SSSR count). The van der Waals surface area contributed by atoms with Crippen LogP contribution in [0, 0.1) is 35.6 Å². The Bertz CT molecular complexity index is 420. The third-order valence-electron chi connectivity index (χ3n) is 0.401. The van der Waals surface area contributed by atoms with Crippen molar-refractivity contribution in [2.24, 2.45) is 0 Å². The number of rotatable bonds is 3. The minimum atomic E-state index is -4.58. The molecule has 114 valence electrons. The van der Waals surface area contributed by atoms with E-state index in [1.54, 1.807) is 0 Å². The Morgan fingerprint density at radius 2 is 0.632 bits per heavy atom. The van der Waals surface area contributed by atoms with Crippen LogP contribution in [-0.2, 0) is 30.4 Å². The first-order valence-electron chi connectivity index (χ1n) is 3.17. The van der Waals surface area contributed by atoms with E-state index in [2.05, 4.69) is 0 Å². The Balaban J connectivity index is -0.0000000865. The van der Waals surface area contributed by atoms with Crippen molar-refractivity contribution in [3.8, 4) is 0 Å². The molecule has 0 aliphatic rings. The van der Waals surface area contributed by atoms with E-state index in [9.17, 15) is 13.2 Å². The Morgan fingerprint density at radius 1 is 0.579 bits per heavy atom. The van der Waals surface area contributed by atoms with Crippen LogP contribution in [0.2, 0.25) is 0 Å². The molecule has 0 aromatic rings. The van der Waals surface area contributed by atoms with Gasteiger partial charge < -0.3 is 13.7 Å². The van der Waals surface area contributed by atoms with Gasteiger partial charge in [-0.05, 0) is 0 Å². The summed E-state index contributed by atoms with van der Waals surface area (Å²) in [6, 6.07) is -5.44. The molecule has 0 aliphatic heterocycles. The molecular formula is C3H6F3LaO9S3. The molecule has 0 atom stereocenters. The molecule has 0 N–H and O–H groups in total. The van der Waals surface area contributed by atoms with E-state index in [-0.39, 0.29) is 35.6 Å². The zero-order valence-electron chi connectivity index (χ0n) is 8.73. The van der Waals surface area contributed by atoms with E-state index < -0.39 is 48.4 Å². The van der Waals surface area contributed by atoms with Crippen molar-refractivity contribution in [2.75, 3.05) is 18.0 Å². The quantitative estimate of drug-likeness (QED) is 0.432. The van der Waals surface area contributed by atoms with Gasteiger partial charge in [0.15, 0.2) is 18.0 Å². The molecule has 0 radical (unpaired) electrons. The van der Waals surface area contributed by atoms with Gasteiger partial charge in [0.1, 0.15) is 30.4 Å². The molecule has 19 heavy (non-hydrogen) atoms. The minimum Gasteiger partial charge on any atom is -0.746 e. The Hall–Kier alpha value is 0.715. The number of hydrogen-bond donors (Lipinski definition) is 0. The first-order valence-corrected chi connectivity index (χ1v) is 7.90. The molecule has 9 nitrogen and oxygen atoms in total. The molecule has 0 saturated heterocycles. The topological polar surface area (TPSA) is 172 Å². The summed E-state index contributed by atoms with van der Waals surface area (Å²) in [5.41, 5.74) is 0. The van der Waals surface area contributed by atoms with E-state index in [0.717, 1.165) is 0 Å². The van der Waals surface area contributed by atoms with Crippen molar-refractivity contribution in [3.05, 3.63) is 0 Å². The Kier molecular flexibility index (Phi) is 18.3. The molecule has 0 unspecified atom stereocenters. The molecule has 0 heterocycles. The van der Waals surface area contributed by atoms with Gasteiger partial charge in [-0.3, -0.25) is 0 Å². The van der Waals surface area contributed by atoms with Crippen molar-refractivity contribution in [1.82, 2.24) is 0 Å². The molecule has 16 heteroatoms. The van der Waals surface area contributed by atoms with E-state index in [1.807, 2.05) is 0 Å². The third kappa shape index (κ3) is 55.4. The standard InChI is InChI=1S/3CH3FO3S.La/c3*2-1-6(3,4)5;/h3*1H2,(H,3,4,5);/q;;;+3/p-3. The van der Waals surface area contributed by atoms with Gasteiger partial charge in [-0.2, -0.15) is 0 Å². The largest absolute Gasteiger partial charge is 3.00 e. The van der Waals surface area contributed by atoms with Gasteiger partial charge in [0, 0.05) is 0 Å². The van der Waals surface area contributed by atoms with E-state index >= 15 is 0 Å². The van der Waals surface area contributed by atoms with Crippen molar-refractivity contribution < 1.29 is 87.7 Å². The smallest absolute Gasteiger partial charge is 0.746 e. The van der Waals surface area contributed by atoms with Crippen LogP contribution in [0.3, 0.4) is 0 Å². The van der Waals surface area contributed by atoms with Gasteiger partial charge in [0.2, 0.25) is 0 Å². The van der Waals surface area contributed by atoms with Gasteiger partial charge in [-0.15, -0.1) is 0 Å². The predicted molar refractivity (Wildman–Crippen MR) is 47.0 cm³/mol. The predicted octanol–water partition coefficient (Wildman–Crippen LogP) is -1.62. The summed E-state index contributed by atoms with van der Waals surface area (Å²) in [4.78, 5) is 0. The summed E-state index contributed by atoms with van der Waals surface area (Å²) >= 11 is 0. The average Bonchev–Trinajstić information content (AvgIpc) is 2.16. The van der Waals surface area contributed by atoms with Crippen LogP contribution < -0.4 is 0 Å². The molecule has 0 aromatic carbocycles. The molecule has 0 aromatic heterocycles. The summed E-state index contributed by atoms with van der Waals surface area (Å²) in [6.07, 6.45) is 0. The summed E-state index contributed by atoms with van der Waals surface area (Å²) in [5.74, 6) is 0. The van der Waals surface area contributed by atoms with E-state index in [1.165, 1.54) is 0 Å². The summed E-state index contributed by atoms with van der Waals surface area (Å²) in [5, 5.41) is 0. The summed E-state index contributed by atoms with van der Waals surface area (Å²) in [7, 11) is -13.7. The second-order valence-electron chi connectivity index (χ2n) is 2.00. The molecule has 0 fully saturated rings. The fraction of sp³-hybridized carbons (Fsp3) is 1.00. The first-order chi connectivity index (χ1) is 7.68. The van der Waals surface area contributed by atoms with Crippen molar-refractivity contribution in [3.63, 3.8) is 0 Å². The van der Waals surface area contributed by atoms with E-state index in [4.69, 9.17) is 38.9 Å². The SMILES string of the molecule is O=S(=O)([O-])CF.O=S(=O)([O-])CF.O=S(=O)([O-])CF.[La+3]. The fourth-order valence-corrected chi connectivity index (χ4v) is 0. The normalized spacial score (nSPS) is 11.1. The maximum Gasteiger partial charge on any atom is 3.00 e. The zero-order chi connectivity index (χ0) is 15.6. The van der Waals surface area contributed by atoms with Gasteiger partial charge in [0.25, 0.3) is 0 Å². The van der Waals surface area contributed by atoms with Crippen molar-refractivity contribution >= 4 is 30.4 Å².